The summed E-state index contributed by atoms with van der Waals surface area (Å²) in [6.45, 7) is 0.222. The van der Waals surface area contributed by atoms with Gasteiger partial charge in [-0.15, -0.1) is 0 Å². The second-order valence-corrected chi connectivity index (χ2v) is 7.31. The first-order chi connectivity index (χ1) is 16.2. The minimum Gasteiger partial charge on any atom is -0.382 e. The summed E-state index contributed by atoms with van der Waals surface area (Å²) in [6, 6.07) is 21.1. The Kier molecular flexibility index (Phi) is 5.38. The average Bonchev–Trinajstić information content (AvgIpc) is 2.88. The third-order valence-electron chi connectivity index (χ3n) is 5.13. The van der Waals surface area contributed by atoms with Crippen molar-refractivity contribution in [2.45, 2.75) is 6.54 Å². The summed E-state index contributed by atoms with van der Waals surface area (Å²) in [7, 11) is 0. The van der Waals surface area contributed by atoms with Crippen LogP contribution in [0.3, 0.4) is 0 Å². The monoisotopic (exact) mass is 433 g/mol. The lowest BCUT2D eigenvalue weighted by Crippen LogP contribution is -2.26. The fourth-order valence-corrected chi connectivity index (χ4v) is 3.51. The van der Waals surface area contributed by atoms with Gasteiger partial charge in [-0.3, -0.25) is 9.78 Å². The van der Waals surface area contributed by atoms with E-state index in [4.69, 9.17) is 5.73 Å². The van der Waals surface area contributed by atoms with Crippen molar-refractivity contribution in [1.29, 1.82) is 0 Å². The van der Waals surface area contributed by atoms with Gasteiger partial charge in [0.2, 0.25) is 0 Å². The molecule has 0 spiro atoms. The van der Waals surface area contributed by atoms with E-state index in [0.29, 0.717) is 17.1 Å². The fraction of sp³-hybridized carbons (Fsp3) is 0.0400. The maximum Gasteiger partial charge on any atom is 0.274 e. The van der Waals surface area contributed by atoms with E-state index >= 15 is 0 Å². The summed E-state index contributed by atoms with van der Waals surface area (Å²) in [4.78, 5) is 34.6. The zero-order valence-corrected chi connectivity index (χ0v) is 17.5. The number of carbonyl (C=O) groups is 1. The van der Waals surface area contributed by atoms with Gasteiger partial charge in [-0.25, -0.2) is 19.9 Å². The lowest BCUT2D eigenvalue weighted by atomic mass is 10.0. The van der Waals surface area contributed by atoms with Crippen LogP contribution in [0.1, 0.15) is 16.2 Å². The number of aromatic nitrogens is 5. The first-order valence-electron chi connectivity index (χ1n) is 10.3. The van der Waals surface area contributed by atoms with Gasteiger partial charge < -0.3 is 11.1 Å². The van der Waals surface area contributed by atoms with Crippen LogP contribution in [0, 0.1) is 0 Å². The Labute approximate surface area is 189 Å². The molecular formula is C25H19N7O. The van der Waals surface area contributed by atoms with Crippen LogP contribution in [0.4, 0.5) is 5.82 Å². The van der Waals surface area contributed by atoms with Gasteiger partial charge in [0.25, 0.3) is 5.91 Å². The van der Waals surface area contributed by atoms with E-state index in [1.807, 2.05) is 60.7 Å². The molecule has 0 atom stereocenters. The number of pyridine rings is 1. The zero-order chi connectivity index (χ0) is 22.6. The van der Waals surface area contributed by atoms with Crippen molar-refractivity contribution in [3.05, 3.63) is 96.8 Å². The van der Waals surface area contributed by atoms with Crippen molar-refractivity contribution in [1.82, 2.24) is 30.2 Å². The predicted molar refractivity (Wildman–Crippen MR) is 126 cm³/mol. The van der Waals surface area contributed by atoms with Crippen LogP contribution in [0.15, 0.2) is 85.5 Å². The molecule has 3 heterocycles. The quantitative estimate of drug-likeness (QED) is 0.434. The maximum atomic E-state index is 12.9. The van der Waals surface area contributed by atoms with E-state index in [9.17, 15) is 4.79 Å². The molecule has 3 aromatic heterocycles. The SMILES string of the molecule is Nc1nc(-c2ccccc2)c(-c2ccc3ncccc3c2)nc1C(=O)NCc1ccncn1. The van der Waals surface area contributed by atoms with Gasteiger partial charge in [0.1, 0.15) is 6.33 Å². The standard InChI is InChI=1S/C25H19N7O/c26-24-23(25(33)29-14-19-10-12-27-15-30-19)31-22(21(32-24)16-5-2-1-3-6-16)18-8-9-20-17(13-18)7-4-11-28-20/h1-13,15H,14H2,(H2,26,32)(H,29,33). The molecule has 0 aliphatic heterocycles. The molecule has 0 aliphatic rings. The number of hydrogen-bond donors (Lipinski definition) is 2. The molecule has 5 aromatic rings. The van der Waals surface area contributed by atoms with Crippen LogP contribution in [-0.2, 0) is 6.54 Å². The number of nitrogens with zero attached hydrogens (tertiary/aromatic N) is 5. The molecule has 0 unspecified atom stereocenters. The third kappa shape index (κ3) is 4.22. The van der Waals surface area contributed by atoms with Gasteiger partial charge in [-0.2, -0.15) is 0 Å². The maximum absolute atomic E-state index is 12.9. The summed E-state index contributed by atoms with van der Waals surface area (Å²) < 4.78 is 0. The zero-order valence-electron chi connectivity index (χ0n) is 17.5. The highest BCUT2D eigenvalue weighted by atomic mass is 16.1. The molecule has 2 aromatic carbocycles. The lowest BCUT2D eigenvalue weighted by molar-refractivity contribution is 0.0946. The van der Waals surface area contributed by atoms with Crippen LogP contribution in [-0.4, -0.2) is 30.8 Å². The Morgan fingerprint density at radius 3 is 2.52 bits per heavy atom. The van der Waals surface area contributed by atoms with Gasteiger partial charge in [-0.1, -0.05) is 42.5 Å². The Morgan fingerprint density at radius 1 is 0.848 bits per heavy atom. The van der Waals surface area contributed by atoms with Crippen molar-refractivity contribution in [3.63, 3.8) is 0 Å². The van der Waals surface area contributed by atoms with Gasteiger partial charge in [0.15, 0.2) is 11.5 Å². The normalized spacial score (nSPS) is 10.8. The van der Waals surface area contributed by atoms with Crippen molar-refractivity contribution in [2.75, 3.05) is 5.73 Å². The van der Waals surface area contributed by atoms with Crippen LogP contribution >= 0.6 is 0 Å². The highest BCUT2D eigenvalue weighted by Crippen LogP contribution is 2.32. The van der Waals surface area contributed by atoms with E-state index in [1.165, 1.54) is 6.33 Å². The molecule has 1 amide bonds. The molecule has 5 rings (SSSR count). The van der Waals surface area contributed by atoms with Crippen LogP contribution < -0.4 is 11.1 Å². The number of fused-ring (bicyclic) bond motifs is 1. The Balaban J connectivity index is 1.59. The fourth-order valence-electron chi connectivity index (χ4n) is 3.51. The second-order valence-electron chi connectivity index (χ2n) is 7.31. The minimum atomic E-state index is -0.429. The molecule has 0 bridgehead atoms. The number of nitrogens with two attached hydrogens (primary N) is 1. The molecule has 0 fully saturated rings. The van der Waals surface area contributed by atoms with Crippen LogP contribution in [0.25, 0.3) is 33.4 Å². The highest BCUT2D eigenvalue weighted by Gasteiger charge is 2.20. The number of benzene rings is 2. The molecule has 0 saturated carbocycles. The van der Waals surface area contributed by atoms with Gasteiger partial charge >= 0.3 is 0 Å². The summed E-state index contributed by atoms with van der Waals surface area (Å²) in [5.41, 5.74) is 10.6. The molecular weight excluding hydrogens is 414 g/mol. The topological polar surface area (TPSA) is 120 Å². The van der Waals surface area contributed by atoms with E-state index < -0.39 is 5.91 Å². The molecule has 8 heteroatoms. The molecule has 3 N–H and O–H groups in total. The van der Waals surface area contributed by atoms with Crippen LogP contribution in [0.2, 0.25) is 0 Å². The van der Waals surface area contributed by atoms with E-state index in [2.05, 4.69) is 30.2 Å². The summed E-state index contributed by atoms with van der Waals surface area (Å²) in [5, 5.41) is 3.76. The number of anilines is 1. The average molecular weight is 433 g/mol. The van der Waals surface area contributed by atoms with Crippen molar-refractivity contribution in [3.8, 4) is 22.5 Å². The third-order valence-corrected chi connectivity index (χ3v) is 5.13. The number of amides is 1. The van der Waals surface area contributed by atoms with Gasteiger partial charge in [0.05, 0.1) is 29.1 Å². The number of carbonyl (C=O) groups excluding carboxylic acids is 1. The Hall–Kier alpha value is -4.72. The first-order valence-corrected chi connectivity index (χ1v) is 10.3. The lowest BCUT2D eigenvalue weighted by Gasteiger charge is -2.13. The van der Waals surface area contributed by atoms with E-state index in [-0.39, 0.29) is 18.1 Å². The predicted octanol–water partition coefficient (Wildman–Crippen LogP) is 3.66. The number of nitrogen functional groups attached to an aromatic ring is 1. The van der Waals surface area contributed by atoms with Crippen molar-refractivity contribution in [2.24, 2.45) is 0 Å². The minimum absolute atomic E-state index is 0.0558. The van der Waals surface area contributed by atoms with Gasteiger partial charge in [0, 0.05) is 28.9 Å². The Morgan fingerprint density at radius 2 is 1.70 bits per heavy atom. The van der Waals surface area contributed by atoms with E-state index in [0.717, 1.165) is 22.0 Å². The number of rotatable bonds is 5. The molecule has 0 radical (unpaired) electrons. The summed E-state index contributed by atoms with van der Waals surface area (Å²) in [5.74, 6) is -0.373. The summed E-state index contributed by atoms with van der Waals surface area (Å²) in [6.07, 6.45) is 4.79. The molecule has 0 saturated heterocycles. The smallest absolute Gasteiger partial charge is 0.274 e. The molecule has 33 heavy (non-hydrogen) atoms. The number of hydrogen-bond acceptors (Lipinski definition) is 7. The van der Waals surface area contributed by atoms with Crippen molar-refractivity contribution >= 4 is 22.6 Å². The second kappa shape index (κ2) is 8.80. The van der Waals surface area contributed by atoms with Gasteiger partial charge in [-0.05, 0) is 24.3 Å². The molecule has 160 valence electrons. The molecule has 8 nitrogen and oxygen atoms in total. The first kappa shape index (κ1) is 20.2. The molecule has 0 aliphatic carbocycles. The largest absolute Gasteiger partial charge is 0.382 e. The van der Waals surface area contributed by atoms with Crippen LogP contribution in [0.5, 0.6) is 0 Å². The highest BCUT2D eigenvalue weighted by molar-refractivity contribution is 5.98. The number of nitrogens with one attached hydrogen (secondary N) is 1. The van der Waals surface area contributed by atoms with Crippen molar-refractivity contribution < 1.29 is 4.79 Å². The summed E-state index contributed by atoms with van der Waals surface area (Å²) >= 11 is 0. The Bertz CT molecular complexity index is 1440. The van der Waals surface area contributed by atoms with E-state index in [1.54, 1.807) is 18.5 Å².